The summed E-state index contributed by atoms with van der Waals surface area (Å²) >= 11 is 0. The van der Waals surface area contributed by atoms with Crippen LogP contribution in [0.25, 0.3) is 0 Å². The molecule has 1 fully saturated rings. The number of aryl methyl sites for hydroxylation is 1. The SMILES string of the molecule is CCNC(=O)[C@@H](C)Oc1ccc2c(c1)[C@@H](c1ccc(C)cc1)N(C(=O)C1CCCC1)CC2. The molecule has 2 amide bonds. The summed E-state index contributed by atoms with van der Waals surface area (Å²) in [6.07, 6.45) is 4.54. The summed E-state index contributed by atoms with van der Waals surface area (Å²) in [6.45, 7) is 7.04. The normalized spacial score (nSPS) is 19.3. The van der Waals surface area contributed by atoms with Crippen LogP contribution in [0.2, 0.25) is 0 Å². The van der Waals surface area contributed by atoms with E-state index >= 15 is 0 Å². The fourth-order valence-electron chi connectivity index (χ4n) is 4.99. The first kappa shape index (κ1) is 22.4. The van der Waals surface area contributed by atoms with E-state index in [-0.39, 0.29) is 23.8 Å². The molecule has 0 aromatic heterocycles. The molecule has 0 unspecified atom stereocenters. The molecule has 2 aromatic carbocycles. The number of hydrogen-bond acceptors (Lipinski definition) is 3. The first-order chi connectivity index (χ1) is 15.5. The zero-order chi connectivity index (χ0) is 22.7. The fraction of sp³-hybridized carbons (Fsp3) is 0.481. The van der Waals surface area contributed by atoms with Crippen molar-refractivity contribution in [1.82, 2.24) is 10.2 Å². The molecule has 32 heavy (non-hydrogen) atoms. The van der Waals surface area contributed by atoms with Gasteiger partial charge < -0.3 is 15.0 Å². The molecule has 5 nitrogen and oxygen atoms in total. The van der Waals surface area contributed by atoms with E-state index in [1.165, 1.54) is 11.1 Å². The molecule has 0 spiro atoms. The predicted octanol–water partition coefficient (Wildman–Crippen LogP) is 4.56. The molecule has 1 saturated carbocycles. The maximum absolute atomic E-state index is 13.5. The van der Waals surface area contributed by atoms with E-state index in [9.17, 15) is 9.59 Å². The molecule has 1 N–H and O–H groups in total. The number of amides is 2. The monoisotopic (exact) mass is 434 g/mol. The van der Waals surface area contributed by atoms with Gasteiger partial charge in [-0.2, -0.15) is 0 Å². The number of benzene rings is 2. The molecule has 1 aliphatic carbocycles. The van der Waals surface area contributed by atoms with E-state index in [0.717, 1.165) is 49.8 Å². The van der Waals surface area contributed by atoms with E-state index in [4.69, 9.17) is 4.74 Å². The van der Waals surface area contributed by atoms with Gasteiger partial charge in [-0.15, -0.1) is 0 Å². The molecular formula is C27H34N2O3. The van der Waals surface area contributed by atoms with Gasteiger partial charge in [0.15, 0.2) is 6.10 Å². The van der Waals surface area contributed by atoms with Gasteiger partial charge in [-0.05, 0) is 68.9 Å². The second-order valence-corrected chi connectivity index (χ2v) is 9.09. The lowest BCUT2D eigenvalue weighted by molar-refractivity contribution is -0.137. The van der Waals surface area contributed by atoms with Crippen molar-refractivity contribution in [1.29, 1.82) is 0 Å². The van der Waals surface area contributed by atoms with Crippen LogP contribution in [-0.2, 0) is 16.0 Å². The average Bonchev–Trinajstić information content (AvgIpc) is 3.33. The molecule has 4 rings (SSSR count). The Labute approximate surface area is 191 Å². The number of hydrogen-bond donors (Lipinski definition) is 1. The van der Waals surface area contributed by atoms with E-state index in [1.54, 1.807) is 6.92 Å². The number of nitrogens with zero attached hydrogens (tertiary/aromatic N) is 1. The number of ether oxygens (including phenoxy) is 1. The molecule has 0 radical (unpaired) electrons. The second-order valence-electron chi connectivity index (χ2n) is 9.09. The smallest absolute Gasteiger partial charge is 0.260 e. The summed E-state index contributed by atoms with van der Waals surface area (Å²) in [7, 11) is 0. The topological polar surface area (TPSA) is 58.6 Å². The second kappa shape index (κ2) is 9.76. The van der Waals surface area contributed by atoms with E-state index in [1.807, 2.05) is 19.1 Å². The average molecular weight is 435 g/mol. The van der Waals surface area contributed by atoms with Gasteiger partial charge >= 0.3 is 0 Å². The molecule has 1 heterocycles. The summed E-state index contributed by atoms with van der Waals surface area (Å²) in [5.74, 6) is 0.954. The molecule has 5 heteroatoms. The van der Waals surface area contributed by atoms with Crippen molar-refractivity contribution in [3.8, 4) is 5.75 Å². The van der Waals surface area contributed by atoms with Crippen LogP contribution in [0.5, 0.6) is 5.75 Å². The first-order valence-corrected chi connectivity index (χ1v) is 11.9. The summed E-state index contributed by atoms with van der Waals surface area (Å²) in [4.78, 5) is 27.8. The highest BCUT2D eigenvalue weighted by atomic mass is 16.5. The number of carbonyl (C=O) groups excluding carboxylic acids is 2. The molecular weight excluding hydrogens is 400 g/mol. The Kier molecular flexibility index (Phi) is 6.83. The summed E-state index contributed by atoms with van der Waals surface area (Å²) in [5.41, 5.74) is 4.67. The third-order valence-electron chi connectivity index (χ3n) is 6.76. The van der Waals surface area contributed by atoms with Gasteiger partial charge in [0, 0.05) is 19.0 Å². The number of nitrogens with one attached hydrogen (secondary N) is 1. The van der Waals surface area contributed by atoms with Crippen molar-refractivity contribution >= 4 is 11.8 Å². The van der Waals surface area contributed by atoms with Gasteiger partial charge in [-0.3, -0.25) is 9.59 Å². The van der Waals surface area contributed by atoms with Crippen LogP contribution in [0.15, 0.2) is 42.5 Å². The molecule has 1 aliphatic heterocycles. The number of carbonyl (C=O) groups is 2. The molecule has 170 valence electrons. The maximum atomic E-state index is 13.5. The highest BCUT2D eigenvalue weighted by molar-refractivity contribution is 5.81. The Morgan fingerprint density at radius 2 is 1.84 bits per heavy atom. The van der Waals surface area contributed by atoms with Crippen molar-refractivity contribution in [3.05, 3.63) is 64.7 Å². The zero-order valence-corrected chi connectivity index (χ0v) is 19.4. The number of likely N-dealkylation sites (N-methyl/N-ethyl adjacent to an activating group) is 1. The highest BCUT2D eigenvalue weighted by Crippen LogP contribution is 2.39. The molecule has 0 saturated heterocycles. The van der Waals surface area contributed by atoms with Gasteiger partial charge in [0.2, 0.25) is 5.91 Å². The minimum Gasteiger partial charge on any atom is -0.481 e. The van der Waals surface area contributed by atoms with Gasteiger partial charge in [0.05, 0.1) is 6.04 Å². The van der Waals surface area contributed by atoms with Crippen LogP contribution in [0, 0.1) is 12.8 Å². The Hall–Kier alpha value is -2.82. The van der Waals surface area contributed by atoms with Gasteiger partial charge in [-0.25, -0.2) is 0 Å². The highest BCUT2D eigenvalue weighted by Gasteiger charge is 2.36. The van der Waals surface area contributed by atoms with E-state index in [0.29, 0.717) is 12.3 Å². The lowest BCUT2D eigenvalue weighted by atomic mass is 9.86. The number of fused-ring (bicyclic) bond motifs is 1. The first-order valence-electron chi connectivity index (χ1n) is 11.9. The van der Waals surface area contributed by atoms with Gasteiger partial charge in [0.25, 0.3) is 5.91 Å². The quantitative estimate of drug-likeness (QED) is 0.725. The van der Waals surface area contributed by atoms with Crippen LogP contribution in [0.1, 0.15) is 67.8 Å². The van der Waals surface area contributed by atoms with E-state index in [2.05, 4.69) is 47.5 Å². The third kappa shape index (κ3) is 4.67. The van der Waals surface area contributed by atoms with Gasteiger partial charge in [-0.1, -0.05) is 48.7 Å². The lowest BCUT2D eigenvalue weighted by Crippen LogP contribution is -2.43. The Balaban J connectivity index is 1.69. The van der Waals surface area contributed by atoms with Crippen LogP contribution in [0.4, 0.5) is 0 Å². The van der Waals surface area contributed by atoms with Crippen molar-refractivity contribution in [2.75, 3.05) is 13.1 Å². The standard InChI is InChI=1S/C27H34N2O3/c1-4-28-26(30)19(3)32-23-14-13-20-15-16-29(27(31)22-7-5-6-8-22)25(24(20)17-23)21-11-9-18(2)10-12-21/h9-14,17,19,22,25H,4-8,15-16H2,1-3H3,(H,28,30)/t19-,25-/m1/s1. The largest absolute Gasteiger partial charge is 0.481 e. The Morgan fingerprint density at radius 3 is 2.53 bits per heavy atom. The van der Waals surface area contributed by atoms with Crippen molar-refractivity contribution in [2.24, 2.45) is 5.92 Å². The van der Waals surface area contributed by atoms with Gasteiger partial charge in [0.1, 0.15) is 5.75 Å². The van der Waals surface area contributed by atoms with Crippen molar-refractivity contribution in [2.45, 2.75) is 65.0 Å². The molecule has 0 bridgehead atoms. The Morgan fingerprint density at radius 1 is 1.12 bits per heavy atom. The third-order valence-corrected chi connectivity index (χ3v) is 6.76. The summed E-state index contributed by atoms with van der Waals surface area (Å²) in [6, 6.07) is 14.4. The minimum atomic E-state index is -0.578. The van der Waals surface area contributed by atoms with Crippen LogP contribution in [0.3, 0.4) is 0 Å². The van der Waals surface area contributed by atoms with Crippen LogP contribution in [-0.4, -0.2) is 35.9 Å². The summed E-state index contributed by atoms with van der Waals surface area (Å²) in [5, 5.41) is 2.80. The fourth-order valence-corrected chi connectivity index (χ4v) is 4.99. The predicted molar refractivity (Wildman–Crippen MR) is 126 cm³/mol. The molecule has 2 atom stereocenters. The van der Waals surface area contributed by atoms with Crippen LogP contribution >= 0.6 is 0 Å². The van der Waals surface area contributed by atoms with Crippen LogP contribution < -0.4 is 10.1 Å². The molecule has 2 aliphatic rings. The lowest BCUT2D eigenvalue weighted by Gasteiger charge is -2.39. The molecule has 2 aromatic rings. The van der Waals surface area contributed by atoms with E-state index < -0.39 is 6.10 Å². The van der Waals surface area contributed by atoms with Crippen molar-refractivity contribution < 1.29 is 14.3 Å². The van der Waals surface area contributed by atoms with Crippen molar-refractivity contribution in [3.63, 3.8) is 0 Å². The Bertz CT molecular complexity index is 963. The minimum absolute atomic E-state index is 0.127. The summed E-state index contributed by atoms with van der Waals surface area (Å²) < 4.78 is 5.98. The number of rotatable bonds is 6. The zero-order valence-electron chi connectivity index (χ0n) is 19.4. The maximum Gasteiger partial charge on any atom is 0.260 e.